The Labute approximate surface area is 201 Å². The predicted octanol–water partition coefficient (Wildman–Crippen LogP) is 2.39. The van der Waals surface area contributed by atoms with Gasteiger partial charge in [-0.25, -0.2) is 4.98 Å². The van der Waals surface area contributed by atoms with Gasteiger partial charge < -0.3 is 27.1 Å². The Balaban J connectivity index is 1.63. The highest BCUT2D eigenvalue weighted by Gasteiger charge is 2.17. The molecule has 1 amide bonds. The minimum Gasteiger partial charge on any atom is -0.397 e. The third-order valence-electron chi connectivity index (χ3n) is 5.52. The van der Waals surface area contributed by atoms with Crippen LogP contribution in [0.4, 0.5) is 11.5 Å². The maximum Gasteiger partial charge on any atom is 0.294 e. The van der Waals surface area contributed by atoms with Gasteiger partial charge in [0.1, 0.15) is 12.4 Å². The first-order chi connectivity index (χ1) is 16.7. The van der Waals surface area contributed by atoms with Crippen LogP contribution < -0.4 is 27.7 Å². The van der Waals surface area contributed by atoms with Crippen molar-refractivity contribution in [2.24, 2.45) is 5.73 Å². The van der Waals surface area contributed by atoms with Crippen molar-refractivity contribution in [3.05, 3.63) is 76.3 Å². The topological polar surface area (TPSA) is 168 Å². The number of H-pyrrole nitrogens is 1. The van der Waals surface area contributed by atoms with Crippen molar-refractivity contribution in [3.8, 4) is 11.3 Å². The van der Waals surface area contributed by atoms with E-state index in [-0.39, 0.29) is 36.7 Å². The van der Waals surface area contributed by atoms with Gasteiger partial charge in [-0.15, -0.1) is 0 Å². The van der Waals surface area contributed by atoms with Crippen molar-refractivity contribution in [2.45, 2.75) is 33.0 Å². The molecule has 0 spiro atoms. The van der Waals surface area contributed by atoms with E-state index in [0.717, 1.165) is 16.5 Å². The standard InChI is InChI=1S/C25H28N8O2/c1-14(2)32-24-25(35)33(13-21(34)30-11-15-3-5-16(6-4-15)23(27)28)20(12-31-24)18-9-17-7-8-29-22(17)19(26)10-18/h3-10,12,14,29H,11,13,26H2,1-2H3,(H3,27,28)(H,30,34)(H,31,32). The number of nitrogen functional groups attached to an aromatic ring is 2. The van der Waals surface area contributed by atoms with Crippen LogP contribution in [0.15, 0.2) is 59.7 Å². The largest absolute Gasteiger partial charge is 0.397 e. The number of hydrogen-bond acceptors (Lipinski definition) is 6. The van der Waals surface area contributed by atoms with Gasteiger partial charge >= 0.3 is 0 Å². The maximum atomic E-state index is 13.3. The number of rotatable bonds is 8. The lowest BCUT2D eigenvalue weighted by atomic mass is 10.1. The number of carbonyl (C=O) groups excluding carboxylic acids is 1. The number of nitrogens with two attached hydrogens (primary N) is 2. The number of benzene rings is 2. The van der Waals surface area contributed by atoms with Gasteiger partial charge in [-0.05, 0) is 37.6 Å². The fourth-order valence-corrected chi connectivity index (χ4v) is 3.80. The van der Waals surface area contributed by atoms with Crippen molar-refractivity contribution in [2.75, 3.05) is 11.1 Å². The quantitative estimate of drug-likeness (QED) is 0.131. The molecule has 0 atom stereocenters. The third-order valence-corrected chi connectivity index (χ3v) is 5.52. The summed E-state index contributed by atoms with van der Waals surface area (Å²) in [6, 6.07) is 12.6. The molecule has 4 rings (SSSR count). The van der Waals surface area contributed by atoms with Crippen LogP contribution in [-0.4, -0.2) is 32.3 Å². The minimum absolute atomic E-state index is 0.00634. The van der Waals surface area contributed by atoms with E-state index in [1.54, 1.807) is 42.7 Å². The molecule has 0 radical (unpaired) electrons. The average Bonchev–Trinajstić information content (AvgIpc) is 3.30. The van der Waals surface area contributed by atoms with Gasteiger partial charge in [-0.3, -0.25) is 19.6 Å². The highest BCUT2D eigenvalue weighted by molar-refractivity contribution is 5.95. The number of aromatic nitrogens is 3. The summed E-state index contributed by atoms with van der Waals surface area (Å²) in [6.07, 6.45) is 3.37. The Morgan fingerprint density at radius 2 is 1.94 bits per heavy atom. The molecule has 0 bridgehead atoms. The van der Waals surface area contributed by atoms with Crippen LogP contribution in [0.2, 0.25) is 0 Å². The summed E-state index contributed by atoms with van der Waals surface area (Å²) in [6.45, 7) is 3.89. The van der Waals surface area contributed by atoms with Gasteiger partial charge in [0.05, 0.1) is 23.1 Å². The van der Waals surface area contributed by atoms with E-state index in [2.05, 4.69) is 20.6 Å². The SMILES string of the molecule is CC(C)Nc1ncc(-c2cc(N)c3[nH]ccc3c2)n(CC(=O)NCc2ccc(C(=N)N)cc2)c1=O. The first-order valence-electron chi connectivity index (χ1n) is 11.2. The molecule has 2 aromatic heterocycles. The number of nitrogens with zero attached hydrogens (tertiary/aromatic N) is 2. The summed E-state index contributed by atoms with van der Waals surface area (Å²) in [5.74, 6) is -0.178. The molecule has 0 saturated carbocycles. The zero-order chi connectivity index (χ0) is 25.1. The Morgan fingerprint density at radius 3 is 2.63 bits per heavy atom. The third kappa shape index (κ3) is 5.16. The van der Waals surface area contributed by atoms with Gasteiger partial charge in [-0.2, -0.15) is 0 Å². The number of fused-ring (bicyclic) bond motifs is 1. The molecule has 0 fully saturated rings. The number of carbonyl (C=O) groups is 1. The number of aromatic amines is 1. The summed E-state index contributed by atoms with van der Waals surface area (Å²) in [5.41, 5.74) is 15.3. The Kier molecular flexibility index (Phi) is 6.54. The molecule has 0 aliphatic rings. The number of nitrogens with one attached hydrogen (secondary N) is 4. The average molecular weight is 473 g/mol. The molecule has 10 nitrogen and oxygen atoms in total. The van der Waals surface area contributed by atoms with E-state index in [0.29, 0.717) is 22.5 Å². The molecule has 4 aromatic rings. The highest BCUT2D eigenvalue weighted by atomic mass is 16.2. The van der Waals surface area contributed by atoms with Gasteiger partial charge in [0.15, 0.2) is 5.82 Å². The predicted molar refractivity (Wildman–Crippen MR) is 138 cm³/mol. The van der Waals surface area contributed by atoms with E-state index >= 15 is 0 Å². The summed E-state index contributed by atoms with van der Waals surface area (Å²) < 4.78 is 1.40. The zero-order valence-corrected chi connectivity index (χ0v) is 19.6. The van der Waals surface area contributed by atoms with E-state index in [4.69, 9.17) is 16.9 Å². The Morgan fingerprint density at radius 1 is 1.20 bits per heavy atom. The molecule has 180 valence electrons. The first kappa shape index (κ1) is 23.6. The summed E-state index contributed by atoms with van der Waals surface area (Å²) >= 11 is 0. The number of amides is 1. The molecule has 0 unspecified atom stereocenters. The van der Waals surface area contributed by atoms with Crippen LogP contribution in [0.25, 0.3) is 22.2 Å². The zero-order valence-electron chi connectivity index (χ0n) is 19.6. The molecular weight excluding hydrogens is 444 g/mol. The minimum atomic E-state index is -0.398. The van der Waals surface area contributed by atoms with E-state index < -0.39 is 5.56 Å². The Hall–Kier alpha value is -4.60. The molecule has 2 heterocycles. The van der Waals surface area contributed by atoms with Crippen molar-refractivity contribution in [1.82, 2.24) is 19.9 Å². The second-order valence-electron chi connectivity index (χ2n) is 8.58. The second-order valence-corrected chi connectivity index (χ2v) is 8.58. The van der Waals surface area contributed by atoms with Crippen LogP contribution in [0.5, 0.6) is 0 Å². The number of amidine groups is 1. The van der Waals surface area contributed by atoms with Crippen LogP contribution in [0.1, 0.15) is 25.0 Å². The molecule has 0 saturated heterocycles. The summed E-state index contributed by atoms with van der Waals surface area (Å²) in [5, 5.41) is 14.3. The lowest BCUT2D eigenvalue weighted by molar-refractivity contribution is -0.121. The fraction of sp³-hybridized carbons (Fsp3) is 0.200. The molecule has 8 N–H and O–H groups in total. The molecular formula is C25H28N8O2. The molecule has 2 aromatic carbocycles. The van der Waals surface area contributed by atoms with Crippen molar-refractivity contribution < 1.29 is 4.79 Å². The second kappa shape index (κ2) is 9.72. The highest BCUT2D eigenvalue weighted by Crippen LogP contribution is 2.28. The lowest BCUT2D eigenvalue weighted by Gasteiger charge is -2.16. The van der Waals surface area contributed by atoms with Crippen molar-refractivity contribution >= 4 is 34.2 Å². The van der Waals surface area contributed by atoms with Crippen LogP contribution in [0, 0.1) is 5.41 Å². The Bertz CT molecular complexity index is 1450. The van der Waals surface area contributed by atoms with Crippen molar-refractivity contribution in [1.29, 1.82) is 5.41 Å². The van der Waals surface area contributed by atoms with Crippen LogP contribution in [0.3, 0.4) is 0 Å². The van der Waals surface area contributed by atoms with E-state index in [9.17, 15) is 9.59 Å². The summed E-state index contributed by atoms with van der Waals surface area (Å²) in [4.78, 5) is 33.6. The van der Waals surface area contributed by atoms with E-state index in [1.165, 1.54) is 4.57 Å². The van der Waals surface area contributed by atoms with Crippen LogP contribution >= 0.6 is 0 Å². The van der Waals surface area contributed by atoms with Crippen LogP contribution in [-0.2, 0) is 17.9 Å². The fourth-order valence-electron chi connectivity index (χ4n) is 3.80. The maximum absolute atomic E-state index is 13.3. The normalized spacial score (nSPS) is 11.1. The molecule has 0 aliphatic carbocycles. The smallest absolute Gasteiger partial charge is 0.294 e. The number of hydrogen-bond donors (Lipinski definition) is 6. The van der Waals surface area contributed by atoms with Crippen molar-refractivity contribution in [3.63, 3.8) is 0 Å². The molecule has 10 heteroatoms. The monoisotopic (exact) mass is 472 g/mol. The molecule has 35 heavy (non-hydrogen) atoms. The van der Waals surface area contributed by atoms with Gasteiger partial charge in [0, 0.05) is 35.3 Å². The number of anilines is 2. The molecule has 0 aliphatic heterocycles. The van der Waals surface area contributed by atoms with E-state index in [1.807, 2.05) is 26.0 Å². The summed E-state index contributed by atoms with van der Waals surface area (Å²) in [7, 11) is 0. The van der Waals surface area contributed by atoms with Gasteiger partial charge in [0.25, 0.3) is 5.56 Å². The van der Waals surface area contributed by atoms with Gasteiger partial charge in [-0.1, -0.05) is 24.3 Å². The lowest BCUT2D eigenvalue weighted by Crippen LogP contribution is -2.35. The van der Waals surface area contributed by atoms with Gasteiger partial charge in [0.2, 0.25) is 5.91 Å². The first-order valence-corrected chi connectivity index (χ1v) is 11.2.